The minimum atomic E-state index is 0.390. The molecule has 0 saturated carbocycles. The van der Waals surface area contributed by atoms with Crippen molar-refractivity contribution >= 4 is 39.3 Å². The highest BCUT2D eigenvalue weighted by Gasteiger charge is 2.20. The summed E-state index contributed by atoms with van der Waals surface area (Å²) in [5.41, 5.74) is 9.39. The van der Waals surface area contributed by atoms with Crippen LogP contribution in [0.2, 0.25) is 0 Å². The van der Waals surface area contributed by atoms with Gasteiger partial charge in [0, 0.05) is 5.92 Å². The normalized spacial score (nSPS) is 17.5. The van der Waals surface area contributed by atoms with Gasteiger partial charge in [-0.05, 0) is 109 Å². The summed E-state index contributed by atoms with van der Waals surface area (Å²) in [6.07, 6.45) is 26.4. The number of allylic oxidation sites excluding steroid dienone is 8. The van der Waals surface area contributed by atoms with Crippen LogP contribution in [0.3, 0.4) is 0 Å². The molecule has 3 aliphatic rings. The van der Waals surface area contributed by atoms with E-state index in [9.17, 15) is 0 Å². The summed E-state index contributed by atoms with van der Waals surface area (Å²) in [6, 6.07) is 32.3. The highest BCUT2D eigenvalue weighted by Crippen LogP contribution is 2.44. The van der Waals surface area contributed by atoms with Gasteiger partial charge in [-0.2, -0.15) is 0 Å². The van der Waals surface area contributed by atoms with Crippen LogP contribution in [0, 0.1) is 0 Å². The molecule has 0 aliphatic heterocycles. The summed E-state index contributed by atoms with van der Waals surface area (Å²) in [6.45, 7) is 0. The lowest BCUT2D eigenvalue weighted by Crippen LogP contribution is -2.28. The maximum absolute atomic E-state index is 2.46. The van der Waals surface area contributed by atoms with Crippen LogP contribution in [0.1, 0.15) is 49.1 Å². The Morgan fingerprint density at radius 1 is 0.548 bits per heavy atom. The molecular weight excluding hydrogens is 504 g/mol. The molecule has 42 heavy (non-hydrogen) atoms. The van der Waals surface area contributed by atoms with Crippen molar-refractivity contribution in [3.63, 3.8) is 0 Å². The minimum Gasteiger partial charge on any atom is -0.0836 e. The molecule has 0 nitrogen and oxygen atoms in total. The summed E-state index contributed by atoms with van der Waals surface area (Å²) in [7, 11) is 0. The zero-order chi connectivity index (χ0) is 27.9. The molecule has 202 valence electrons. The van der Waals surface area contributed by atoms with E-state index < -0.39 is 0 Å². The number of hydrogen-bond acceptors (Lipinski definition) is 0. The zero-order valence-electron chi connectivity index (χ0n) is 23.9. The zero-order valence-corrected chi connectivity index (χ0v) is 23.9. The molecule has 5 aromatic carbocycles. The third-order valence-electron chi connectivity index (χ3n) is 9.20. The monoisotopic (exact) mass is 538 g/mol. The summed E-state index contributed by atoms with van der Waals surface area (Å²) in [4.78, 5) is 0. The molecule has 1 unspecified atom stereocenters. The molecule has 3 aliphatic carbocycles. The van der Waals surface area contributed by atoms with Gasteiger partial charge in [-0.1, -0.05) is 134 Å². The van der Waals surface area contributed by atoms with Crippen molar-refractivity contribution in [3.05, 3.63) is 149 Å². The van der Waals surface area contributed by atoms with E-state index >= 15 is 0 Å². The average molecular weight is 539 g/mol. The molecule has 0 fully saturated rings. The molecule has 0 heteroatoms. The van der Waals surface area contributed by atoms with Crippen molar-refractivity contribution in [1.82, 2.24) is 0 Å². The first-order valence-electron chi connectivity index (χ1n) is 15.4. The van der Waals surface area contributed by atoms with Crippen molar-refractivity contribution in [3.8, 4) is 22.3 Å². The van der Waals surface area contributed by atoms with Gasteiger partial charge in [0.15, 0.2) is 0 Å². The molecule has 0 radical (unpaired) electrons. The van der Waals surface area contributed by atoms with Gasteiger partial charge in [0.25, 0.3) is 0 Å². The second kappa shape index (κ2) is 10.6. The lowest BCUT2D eigenvalue weighted by atomic mass is 9.82. The average Bonchev–Trinajstić information content (AvgIpc) is 3.07. The maximum Gasteiger partial charge on any atom is 0.00561 e. The lowest BCUT2D eigenvalue weighted by molar-refractivity contribution is 0.853. The highest BCUT2D eigenvalue weighted by atomic mass is 14.2. The maximum atomic E-state index is 2.46. The van der Waals surface area contributed by atoms with E-state index in [1.165, 1.54) is 70.9 Å². The smallest absolute Gasteiger partial charge is 0.00561 e. The molecule has 1 atom stereocenters. The van der Waals surface area contributed by atoms with E-state index in [1.807, 2.05) is 0 Å². The van der Waals surface area contributed by atoms with Gasteiger partial charge in [0.1, 0.15) is 0 Å². The first kappa shape index (κ1) is 25.1. The Balaban J connectivity index is 1.46. The summed E-state index contributed by atoms with van der Waals surface area (Å²) in [5, 5.41) is 8.02. The number of benzene rings is 5. The molecule has 0 spiro atoms. The molecule has 5 aromatic rings. The third kappa shape index (κ3) is 4.30. The van der Waals surface area contributed by atoms with Crippen LogP contribution in [0.25, 0.3) is 61.5 Å². The highest BCUT2D eigenvalue weighted by molar-refractivity contribution is 6.21. The standard InChI is InChI=1S/C42H34/c1-3-14-29(15-4-1)32-26-33(30-16-5-2-6-17-30)28-34(27-32)41-37-21-9-11-23-39(37)42(40-24-12-10-22-38(40)41)36-25-13-19-31-18-7-8-20-35(31)36/h1,3-5,9-14,16-29H,2,6-8,15H2. The molecule has 0 saturated heterocycles. The van der Waals surface area contributed by atoms with Crippen LogP contribution < -0.4 is 10.4 Å². The Labute approximate surface area is 248 Å². The predicted octanol–water partition coefficient (Wildman–Crippen LogP) is 10.0. The van der Waals surface area contributed by atoms with Gasteiger partial charge in [0.2, 0.25) is 0 Å². The van der Waals surface area contributed by atoms with E-state index in [0.717, 1.165) is 32.1 Å². The van der Waals surface area contributed by atoms with Gasteiger partial charge >= 0.3 is 0 Å². The largest absolute Gasteiger partial charge is 0.0836 e. The Morgan fingerprint density at radius 2 is 1.26 bits per heavy atom. The van der Waals surface area contributed by atoms with E-state index in [1.54, 1.807) is 0 Å². The van der Waals surface area contributed by atoms with E-state index in [2.05, 4.69) is 140 Å². The van der Waals surface area contributed by atoms with Crippen molar-refractivity contribution < 1.29 is 0 Å². The van der Waals surface area contributed by atoms with Gasteiger partial charge in [-0.3, -0.25) is 0 Å². The van der Waals surface area contributed by atoms with Crippen LogP contribution in [-0.2, 0) is 0 Å². The van der Waals surface area contributed by atoms with E-state index in [4.69, 9.17) is 0 Å². The molecule has 0 N–H and O–H groups in total. The number of hydrogen-bond donors (Lipinski definition) is 0. The Hall–Kier alpha value is -4.68. The van der Waals surface area contributed by atoms with E-state index in [0.29, 0.717) is 5.92 Å². The van der Waals surface area contributed by atoms with Gasteiger partial charge in [-0.25, -0.2) is 0 Å². The molecule has 0 aromatic heterocycles. The lowest BCUT2D eigenvalue weighted by Gasteiger charge is -2.21. The van der Waals surface area contributed by atoms with Gasteiger partial charge in [0.05, 0.1) is 0 Å². The molecular formula is C42H34. The molecule has 8 rings (SSSR count). The van der Waals surface area contributed by atoms with Gasteiger partial charge in [-0.15, -0.1) is 0 Å². The van der Waals surface area contributed by atoms with Crippen LogP contribution >= 0.6 is 0 Å². The Bertz CT molecular complexity index is 2050. The fraction of sp³-hybridized carbons (Fsp3) is 0.143. The topological polar surface area (TPSA) is 0 Å². The summed E-state index contributed by atoms with van der Waals surface area (Å²) < 4.78 is 0. The van der Waals surface area contributed by atoms with Crippen LogP contribution in [0.15, 0.2) is 127 Å². The quantitative estimate of drug-likeness (QED) is 0.200. The fourth-order valence-corrected chi connectivity index (χ4v) is 7.23. The van der Waals surface area contributed by atoms with Crippen molar-refractivity contribution in [2.75, 3.05) is 0 Å². The van der Waals surface area contributed by atoms with Crippen LogP contribution in [0.5, 0.6) is 0 Å². The van der Waals surface area contributed by atoms with E-state index in [-0.39, 0.29) is 0 Å². The van der Waals surface area contributed by atoms with Crippen LogP contribution in [0.4, 0.5) is 0 Å². The molecule has 0 bridgehead atoms. The van der Waals surface area contributed by atoms with Gasteiger partial charge < -0.3 is 0 Å². The minimum absolute atomic E-state index is 0.390. The predicted molar refractivity (Wildman–Crippen MR) is 182 cm³/mol. The van der Waals surface area contributed by atoms with Crippen molar-refractivity contribution in [2.24, 2.45) is 0 Å². The van der Waals surface area contributed by atoms with Crippen LogP contribution in [-0.4, -0.2) is 0 Å². The summed E-state index contributed by atoms with van der Waals surface area (Å²) in [5.74, 6) is 0.390. The van der Waals surface area contributed by atoms with Crippen molar-refractivity contribution in [1.29, 1.82) is 0 Å². The Kier molecular flexibility index (Phi) is 6.34. The Morgan fingerprint density at radius 3 is 1.98 bits per heavy atom. The first-order valence-corrected chi connectivity index (χ1v) is 15.4. The fourth-order valence-electron chi connectivity index (χ4n) is 7.23. The first-order chi connectivity index (χ1) is 20.8. The second-order valence-electron chi connectivity index (χ2n) is 11.8. The second-order valence-corrected chi connectivity index (χ2v) is 11.8. The number of rotatable bonds is 4. The summed E-state index contributed by atoms with van der Waals surface area (Å²) >= 11 is 0. The molecule has 0 heterocycles. The molecule has 0 amide bonds. The number of fused-ring (bicyclic) bond motifs is 3. The SMILES string of the molecule is C1=CCC(c2cc(C3=CCCC=C3)cc(-c3c4ccccc4c(-c4cccc5c4=CCCC=5)c4ccccc34)c2)C=C1. The third-order valence-corrected chi connectivity index (χ3v) is 9.20. The van der Waals surface area contributed by atoms with Crippen molar-refractivity contribution in [2.45, 2.75) is 38.0 Å².